The van der Waals surface area contributed by atoms with Crippen molar-refractivity contribution in [3.05, 3.63) is 50.1 Å². The van der Waals surface area contributed by atoms with Crippen molar-refractivity contribution in [2.24, 2.45) is 4.99 Å². The Bertz CT molecular complexity index is 700. The maximum absolute atomic E-state index is 13.7. The number of thiazole rings is 1. The van der Waals surface area contributed by atoms with Gasteiger partial charge in [0, 0.05) is 23.4 Å². The normalized spacial score (nSPS) is 11.8. The zero-order valence-corrected chi connectivity index (χ0v) is 16.5. The molecule has 0 bridgehead atoms. The lowest BCUT2D eigenvalue weighted by atomic mass is 10.1. The van der Waals surface area contributed by atoms with Gasteiger partial charge in [-0.15, -0.1) is 11.3 Å². The molecule has 0 atom stereocenters. The molecule has 0 spiro atoms. The summed E-state index contributed by atoms with van der Waals surface area (Å²) in [7, 11) is 1.72. The van der Waals surface area contributed by atoms with Crippen LogP contribution in [-0.2, 0) is 13.0 Å². The van der Waals surface area contributed by atoms with Crippen molar-refractivity contribution in [3.8, 4) is 0 Å². The Morgan fingerprint density at radius 3 is 2.83 bits per heavy atom. The predicted octanol–water partition coefficient (Wildman–Crippen LogP) is 4.08. The molecular formula is C17H22BrFN4S. The molecule has 0 aliphatic heterocycles. The minimum absolute atomic E-state index is 0.188. The van der Waals surface area contributed by atoms with Gasteiger partial charge in [0.15, 0.2) is 5.96 Å². The van der Waals surface area contributed by atoms with Gasteiger partial charge in [-0.2, -0.15) is 0 Å². The molecule has 1 aromatic carbocycles. The van der Waals surface area contributed by atoms with Crippen LogP contribution in [0.25, 0.3) is 0 Å². The Kier molecular flexibility index (Phi) is 7.17. The molecule has 0 saturated heterocycles. The highest BCUT2D eigenvalue weighted by atomic mass is 79.9. The summed E-state index contributed by atoms with van der Waals surface area (Å²) in [6.45, 7) is 5.49. The summed E-state index contributed by atoms with van der Waals surface area (Å²) in [6, 6.07) is 4.98. The van der Waals surface area contributed by atoms with Gasteiger partial charge < -0.3 is 10.6 Å². The van der Waals surface area contributed by atoms with Crippen LogP contribution in [0.15, 0.2) is 33.0 Å². The summed E-state index contributed by atoms with van der Waals surface area (Å²) in [5.41, 5.74) is 1.79. The third kappa shape index (κ3) is 5.56. The van der Waals surface area contributed by atoms with Crippen LogP contribution in [0.3, 0.4) is 0 Å². The third-order valence-electron chi connectivity index (χ3n) is 3.49. The van der Waals surface area contributed by atoms with E-state index >= 15 is 0 Å². The van der Waals surface area contributed by atoms with E-state index < -0.39 is 0 Å². The molecule has 2 aromatic rings. The molecule has 0 unspecified atom stereocenters. The molecule has 7 heteroatoms. The third-order valence-corrected chi connectivity index (χ3v) is 4.85. The Hall–Kier alpha value is -1.47. The first kappa shape index (κ1) is 18.9. The second-order valence-electron chi connectivity index (χ2n) is 5.66. The molecule has 0 aliphatic carbocycles. The number of halogens is 2. The number of aromatic nitrogens is 1. The van der Waals surface area contributed by atoms with Crippen LogP contribution in [0.5, 0.6) is 0 Å². The molecule has 1 aromatic heterocycles. The van der Waals surface area contributed by atoms with Crippen LogP contribution in [0.4, 0.5) is 4.39 Å². The van der Waals surface area contributed by atoms with Crippen LogP contribution in [-0.4, -0.2) is 24.5 Å². The second-order valence-corrected chi connectivity index (χ2v) is 7.52. The number of hydrogen-bond donors (Lipinski definition) is 2. The lowest BCUT2D eigenvalue weighted by molar-refractivity contribution is 0.606. The Balaban J connectivity index is 1.81. The van der Waals surface area contributed by atoms with Gasteiger partial charge in [-0.3, -0.25) is 4.99 Å². The Labute approximate surface area is 154 Å². The maximum atomic E-state index is 13.7. The first-order valence-corrected chi connectivity index (χ1v) is 9.49. The van der Waals surface area contributed by atoms with Gasteiger partial charge >= 0.3 is 0 Å². The van der Waals surface area contributed by atoms with Crippen LogP contribution in [0.1, 0.15) is 36.0 Å². The summed E-state index contributed by atoms with van der Waals surface area (Å²) < 4.78 is 14.6. The van der Waals surface area contributed by atoms with Crippen molar-refractivity contribution in [1.82, 2.24) is 15.6 Å². The lowest BCUT2D eigenvalue weighted by Crippen LogP contribution is -2.37. The number of benzene rings is 1. The minimum atomic E-state index is -0.188. The second kappa shape index (κ2) is 9.13. The highest BCUT2D eigenvalue weighted by Gasteiger charge is 2.07. The molecule has 0 saturated carbocycles. The fourth-order valence-electron chi connectivity index (χ4n) is 2.10. The number of aliphatic imine (C=N–C) groups is 1. The summed E-state index contributed by atoms with van der Waals surface area (Å²) in [5.74, 6) is 0.936. The van der Waals surface area contributed by atoms with Gasteiger partial charge in [0.25, 0.3) is 0 Å². The van der Waals surface area contributed by atoms with Crippen LogP contribution in [0, 0.1) is 5.82 Å². The smallest absolute Gasteiger partial charge is 0.191 e. The topological polar surface area (TPSA) is 49.3 Å². The number of rotatable bonds is 6. The summed E-state index contributed by atoms with van der Waals surface area (Å²) in [5, 5.41) is 9.55. The summed E-state index contributed by atoms with van der Waals surface area (Å²) in [4.78, 5) is 8.77. The molecule has 2 rings (SSSR count). The molecule has 24 heavy (non-hydrogen) atoms. The van der Waals surface area contributed by atoms with Gasteiger partial charge in [-0.1, -0.05) is 29.8 Å². The van der Waals surface area contributed by atoms with E-state index in [9.17, 15) is 4.39 Å². The van der Waals surface area contributed by atoms with E-state index in [0.29, 0.717) is 37.0 Å². The average molecular weight is 413 g/mol. The molecule has 2 N–H and O–H groups in total. The zero-order valence-electron chi connectivity index (χ0n) is 14.1. The Morgan fingerprint density at radius 1 is 1.38 bits per heavy atom. The monoisotopic (exact) mass is 412 g/mol. The number of hydrogen-bond acceptors (Lipinski definition) is 3. The molecule has 130 valence electrons. The van der Waals surface area contributed by atoms with Crippen molar-refractivity contribution in [2.75, 3.05) is 13.6 Å². The van der Waals surface area contributed by atoms with Crippen molar-refractivity contribution >= 4 is 33.2 Å². The van der Waals surface area contributed by atoms with Gasteiger partial charge in [-0.25, -0.2) is 9.37 Å². The first-order valence-electron chi connectivity index (χ1n) is 7.82. The van der Waals surface area contributed by atoms with Crippen LogP contribution < -0.4 is 10.6 Å². The standard InChI is InChI=1S/C17H22BrFN4S/c1-11(2)15-10-24-16(23-15)9-22-17(20-3)21-7-6-12-8-13(18)4-5-14(12)19/h4-5,8,10-11H,6-7,9H2,1-3H3,(H2,20,21,22). The molecule has 0 fully saturated rings. The van der Waals surface area contributed by atoms with E-state index in [1.165, 1.54) is 6.07 Å². The van der Waals surface area contributed by atoms with Gasteiger partial charge in [0.1, 0.15) is 10.8 Å². The predicted molar refractivity (Wildman–Crippen MR) is 102 cm³/mol. The van der Waals surface area contributed by atoms with E-state index in [-0.39, 0.29) is 5.82 Å². The van der Waals surface area contributed by atoms with Crippen molar-refractivity contribution < 1.29 is 4.39 Å². The van der Waals surface area contributed by atoms with Crippen molar-refractivity contribution in [1.29, 1.82) is 0 Å². The quantitative estimate of drug-likeness (QED) is 0.555. The number of nitrogens with zero attached hydrogens (tertiary/aromatic N) is 2. The highest BCUT2D eigenvalue weighted by molar-refractivity contribution is 9.10. The van der Waals surface area contributed by atoms with Gasteiger partial charge in [0.05, 0.1) is 12.2 Å². The molecule has 4 nitrogen and oxygen atoms in total. The van der Waals surface area contributed by atoms with Crippen molar-refractivity contribution in [3.63, 3.8) is 0 Å². The van der Waals surface area contributed by atoms with E-state index in [4.69, 9.17) is 0 Å². The van der Waals surface area contributed by atoms with Gasteiger partial charge in [0.2, 0.25) is 0 Å². The lowest BCUT2D eigenvalue weighted by Gasteiger charge is -2.11. The van der Waals surface area contributed by atoms with Gasteiger partial charge in [-0.05, 0) is 36.1 Å². The summed E-state index contributed by atoms with van der Waals surface area (Å²) >= 11 is 5.01. The fraction of sp³-hybridized carbons (Fsp3) is 0.412. The number of guanidine groups is 1. The van der Waals surface area contributed by atoms with E-state index in [0.717, 1.165) is 15.2 Å². The Morgan fingerprint density at radius 2 is 2.17 bits per heavy atom. The maximum Gasteiger partial charge on any atom is 0.191 e. The largest absolute Gasteiger partial charge is 0.356 e. The van der Waals surface area contributed by atoms with E-state index in [1.54, 1.807) is 30.5 Å². The average Bonchev–Trinajstić information content (AvgIpc) is 3.03. The van der Waals surface area contributed by atoms with Crippen molar-refractivity contribution in [2.45, 2.75) is 32.7 Å². The first-order chi connectivity index (χ1) is 11.5. The molecule has 0 aliphatic rings. The molecule has 1 heterocycles. The van der Waals surface area contributed by atoms with E-state index in [1.807, 2.05) is 0 Å². The van der Waals surface area contributed by atoms with Crippen LogP contribution >= 0.6 is 27.3 Å². The SMILES string of the molecule is CN=C(NCCc1cc(Br)ccc1F)NCc1nc(C(C)C)cs1. The molecular weight excluding hydrogens is 391 g/mol. The zero-order chi connectivity index (χ0) is 17.5. The van der Waals surface area contributed by atoms with E-state index in [2.05, 4.69) is 55.8 Å². The van der Waals surface area contributed by atoms with Crippen LogP contribution in [0.2, 0.25) is 0 Å². The highest BCUT2D eigenvalue weighted by Crippen LogP contribution is 2.17. The fourth-order valence-corrected chi connectivity index (χ4v) is 3.41. The minimum Gasteiger partial charge on any atom is -0.356 e. The molecule has 0 amide bonds. The summed E-state index contributed by atoms with van der Waals surface area (Å²) in [6.07, 6.45) is 0.584. The number of nitrogens with one attached hydrogen (secondary N) is 2. The molecule has 0 radical (unpaired) electrons.